The van der Waals surface area contributed by atoms with Gasteiger partial charge in [-0.3, -0.25) is 0 Å². The van der Waals surface area contributed by atoms with Gasteiger partial charge < -0.3 is 15.0 Å². The molecule has 0 aliphatic heterocycles. The summed E-state index contributed by atoms with van der Waals surface area (Å²) in [5.41, 5.74) is 9.54. The van der Waals surface area contributed by atoms with E-state index in [9.17, 15) is 0 Å². The minimum absolute atomic E-state index is 0.636. The smallest absolute Gasteiger partial charge is 0.160 e. The molecule has 3 rings (SSSR count). The number of benzene rings is 1. The van der Waals surface area contributed by atoms with E-state index in [4.69, 9.17) is 15.5 Å². The van der Waals surface area contributed by atoms with Gasteiger partial charge in [-0.05, 0) is 43.7 Å². The Bertz CT molecular complexity index is 794. The molecule has 0 spiro atoms. The van der Waals surface area contributed by atoms with Crippen LogP contribution in [0.5, 0.6) is 5.75 Å². The van der Waals surface area contributed by atoms with Crippen LogP contribution in [0.2, 0.25) is 0 Å². The minimum atomic E-state index is 0.636. The van der Waals surface area contributed by atoms with Crippen molar-refractivity contribution in [2.45, 2.75) is 19.9 Å². The number of hydrogen-bond donors (Lipinski definition) is 1. The summed E-state index contributed by atoms with van der Waals surface area (Å²) in [6.45, 7) is 3.45. The molecule has 114 valence electrons. The third kappa shape index (κ3) is 2.55. The number of aryl methyl sites for hydroxylation is 2. The van der Waals surface area contributed by atoms with Crippen LogP contribution < -0.4 is 10.5 Å². The number of nitrogens with zero attached hydrogens (tertiary/aromatic N) is 3. The molecular formula is C17H20N4O. The quantitative estimate of drug-likeness (QED) is 0.786. The molecule has 5 heteroatoms. The standard InChI is InChI=1S/C17H20N4O/c1-12-10-14-17(19-11-12)21(9-5-8-18)16(20-14)13-6-3-4-7-15(13)22-2/h3-4,6-7,10-11H,5,8-9,18H2,1-2H3. The number of para-hydroxylation sites is 1. The summed E-state index contributed by atoms with van der Waals surface area (Å²) in [6.07, 6.45) is 2.75. The number of pyridine rings is 1. The first-order chi connectivity index (χ1) is 10.7. The zero-order valence-electron chi connectivity index (χ0n) is 12.9. The Kier molecular flexibility index (Phi) is 4.06. The highest BCUT2D eigenvalue weighted by molar-refractivity contribution is 5.79. The Balaban J connectivity index is 2.22. The molecule has 0 atom stereocenters. The predicted molar refractivity (Wildman–Crippen MR) is 87.9 cm³/mol. The molecule has 22 heavy (non-hydrogen) atoms. The van der Waals surface area contributed by atoms with Gasteiger partial charge in [-0.15, -0.1) is 0 Å². The molecule has 0 aliphatic carbocycles. The van der Waals surface area contributed by atoms with Gasteiger partial charge in [0.25, 0.3) is 0 Å². The van der Waals surface area contributed by atoms with E-state index in [0.717, 1.165) is 46.8 Å². The third-order valence-corrected chi connectivity index (χ3v) is 3.66. The number of fused-ring (bicyclic) bond motifs is 1. The van der Waals surface area contributed by atoms with Crippen molar-refractivity contribution in [2.24, 2.45) is 5.73 Å². The van der Waals surface area contributed by atoms with Crippen LogP contribution in [0.25, 0.3) is 22.6 Å². The monoisotopic (exact) mass is 296 g/mol. The number of hydrogen-bond acceptors (Lipinski definition) is 4. The second-order valence-electron chi connectivity index (χ2n) is 5.28. The molecule has 0 bridgehead atoms. The van der Waals surface area contributed by atoms with Gasteiger partial charge in [0.2, 0.25) is 0 Å². The number of rotatable bonds is 5. The third-order valence-electron chi connectivity index (χ3n) is 3.66. The average molecular weight is 296 g/mol. The predicted octanol–water partition coefficient (Wildman–Crippen LogP) is 2.76. The fourth-order valence-corrected chi connectivity index (χ4v) is 2.61. The maximum atomic E-state index is 5.68. The topological polar surface area (TPSA) is 66.0 Å². The fraction of sp³-hybridized carbons (Fsp3) is 0.294. The van der Waals surface area contributed by atoms with Crippen LogP contribution in [0.1, 0.15) is 12.0 Å². The highest BCUT2D eigenvalue weighted by Gasteiger charge is 2.16. The lowest BCUT2D eigenvalue weighted by atomic mass is 10.2. The van der Waals surface area contributed by atoms with Crippen molar-refractivity contribution in [3.05, 3.63) is 42.1 Å². The van der Waals surface area contributed by atoms with E-state index in [1.54, 1.807) is 7.11 Å². The fourth-order valence-electron chi connectivity index (χ4n) is 2.61. The Labute approximate surface area is 129 Å². The number of ether oxygens (including phenoxy) is 1. The number of methoxy groups -OCH3 is 1. The van der Waals surface area contributed by atoms with E-state index >= 15 is 0 Å². The molecular weight excluding hydrogens is 276 g/mol. The first kappa shape index (κ1) is 14.5. The Hall–Kier alpha value is -2.40. The molecule has 0 amide bonds. The van der Waals surface area contributed by atoms with Crippen molar-refractivity contribution in [2.75, 3.05) is 13.7 Å². The zero-order valence-corrected chi connectivity index (χ0v) is 12.9. The van der Waals surface area contributed by atoms with Crippen LogP contribution in [0.15, 0.2) is 36.5 Å². The average Bonchev–Trinajstić information content (AvgIpc) is 2.90. The van der Waals surface area contributed by atoms with Crippen molar-refractivity contribution >= 4 is 11.2 Å². The van der Waals surface area contributed by atoms with Crippen LogP contribution in [-0.4, -0.2) is 28.2 Å². The van der Waals surface area contributed by atoms with Crippen molar-refractivity contribution in [3.63, 3.8) is 0 Å². The number of aromatic nitrogens is 3. The molecule has 0 saturated heterocycles. The summed E-state index contributed by atoms with van der Waals surface area (Å²) < 4.78 is 7.60. The summed E-state index contributed by atoms with van der Waals surface area (Å²) in [4.78, 5) is 9.34. The zero-order chi connectivity index (χ0) is 15.5. The highest BCUT2D eigenvalue weighted by atomic mass is 16.5. The van der Waals surface area contributed by atoms with Gasteiger partial charge >= 0.3 is 0 Å². The summed E-state index contributed by atoms with van der Waals surface area (Å²) in [6, 6.07) is 9.97. The van der Waals surface area contributed by atoms with Gasteiger partial charge in [0, 0.05) is 12.7 Å². The van der Waals surface area contributed by atoms with Crippen molar-refractivity contribution < 1.29 is 4.74 Å². The molecule has 0 radical (unpaired) electrons. The highest BCUT2D eigenvalue weighted by Crippen LogP contribution is 2.31. The largest absolute Gasteiger partial charge is 0.496 e. The van der Waals surface area contributed by atoms with E-state index in [1.165, 1.54) is 0 Å². The molecule has 2 heterocycles. The molecule has 2 N–H and O–H groups in total. The van der Waals surface area contributed by atoms with Gasteiger partial charge in [-0.25, -0.2) is 9.97 Å². The first-order valence-corrected chi connectivity index (χ1v) is 7.41. The van der Waals surface area contributed by atoms with Crippen LogP contribution in [0.3, 0.4) is 0 Å². The minimum Gasteiger partial charge on any atom is -0.496 e. The molecule has 0 saturated carbocycles. The van der Waals surface area contributed by atoms with E-state index in [0.29, 0.717) is 6.54 Å². The summed E-state index contributed by atoms with van der Waals surface area (Å²) in [7, 11) is 1.67. The molecule has 1 aromatic carbocycles. The van der Waals surface area contributed by atoms with Gasteiger partial charge in [0.1, 0.15) is 17.1 Å². The lowest BCUT2D eigenvalue weighted by Crippen LogP contribution is -2.08. The molecule has 3 aromatic rings. The van der Waals surface area contributed by atoms with E-state index in [2.05, 4.69) is 15.6 Å². The van der Waals surface area contributed by atoms with Crippen molar-refractivity contribution in [1.82, 2.24) is 14.5 Å². The number of imidazole rings is 1. The normalized spacial score (nSPS) is 11.0. The first-order valence-electron chi connectivity index (χ1n) is 7.41. The van der Waals surface area contributed by atoms with E-state index in [1.807, 2.05) is 37.4 Å². The van der Waals surface area contributed by atoms with Crippen LogP contribution in [0, 0.1) is 6.92 Å². The van der Waals surface area contributed by atoms with Crippen LogP contribution >= 0.6 is 0 Å². The maximum Gasteiger partial charge on any atom is 0.160 e. The van der Waals surface area contributed by atoms with Crippen molar-refractivity contribution in [1.29, 1.82) is 0 Å². The molecule has 0 fully saturated rings. The van der Waals surface area contributed by atoms with Gasteiger partial charge in [-0.2, -0.15) is 0 Å². The van der Waals surface area contributed by atoms with E-state index in [-0.39, 0.29) is 0 Å². The Morgan fingerprint density at radius 1 is 1.27 bits per heavy atom. The Morgan fingerprint density at radius 3 is 2.86 bits per heavy atom. The van der Waals surface area contributed by atoms with Crippen LogP contribution in [-0.2, 0) is 6.54 Å². The van der Waals surface area contributed by atoms with E-state index < -0.39 is 0 Å². The Morgan fingerprint density at radius 2 is 2.09 bits per heavy atom. The summed E-state index contributed by atoms with van der Waals surface area (Å²) >= 11 is 0. The summed E-state index contributed by atoms with van der Waals surface area (Å²) in [5.74, 6) is 1.68. The second-order valence-corrected chi connectivity index (χ2v) is 5.28. The maximum absolute atomic E-state index is 5.68. The van der Waals surface area contributed by atoms with Gasteiger partial charge in [0.05, 0.1) is 12.7 Å². The molecule has 5 nitrogen and oxygen atoms in total. The molecule has 0 unspecified atom stereocenters. The number of nitrogens with two attached hydrogens (primary N) is 1. The van der Waals surface area contributed by atoms with Gasteiger partial charge in [-0.1, -0.05) is 12.1 Å². The van der Waals surface area contributed by atoms with Crippen molar-refractivity contribution in [3.8, 4) is 17.1 Å². The SMILES string of the molecule is COc1ccccc1-c1nc2cc(C)cnc2n1CCCN. The van der Waals surface area contributed by atoms with Gasteiger partial charge in [0.15, 0.2) is 5.65 Å². The summed E-state index contributed by atoms with van der Waals surface area (Å²) in [5, 5.41) is 0. The second kappa shape index (κ2) is 6.15. The lowest BCUT2D eigenvalue weighted by Gasteiger charge is -2.11. The lowest BCUT2D eigenvalue weighted by molar-refractivity contribution is 0.416. The molecule has 2 aromatic heterocycles. The van der Waals surface area contributed by atoms with Crippen LogP contribution in [0.4, 0.5) is 0 Å². The molecule has 0 aliphatic rings.